The summed E-state index contributed by atoms with van der Waals surface area (Å²) in [6.07, 6.45) is 0.876. The average Bonchev–Trinajstić information content (AvgIpc) is 2.65. The smallest absolute Gasteiger partial charge is 0.344 e. The number of hydrogen-bond acceptors (Lipinski definition) is 5. The van der Waals surface area contributed by atoms with Gasteiger partial charge in [0.2, 0.25) is 0 Å². The molecule has 0 aromatic heterocycles. The van der Waals surface area contributed by atoms with Crippen molar-refractivity contribution in [3.05, 3.63) is 54.1 Å². The third kappa shape index (κ3) is 6.18. The molecule has 132 valence electrons. The van der Waals surface area contributed by atoms with Crippen molar-refractivity contribution in [2.75, 3.05) is 25.6 Å². The van der Waals surface area contributed by atoms with E-state index in [1.165, 1.54) is 0 Å². The highest BCUT2D eigenvalue weighted by molar-refractivity contribution is 5.92. The van der Waals surface area contributed by atoms with Crippen LogP contribution in [-0.4, -0.2) is 32.2 Å². The quantitative estimate of drug-likeness (QED) is 0.746. The molecule has 0 atom stereocenters. The number of carbonyl (C=O) groups excluding carboxylic acids is 2. The molecule has 0 saturated heterocycles. The molecule has 25 heavy (non-hydrogen) atoms. The first-order chi connectivity index (χ1) is 12.1. The molecule has 2 aromatic carbocycles. The summed E-state index contributed by atoms with van der Waals surface area (Å²) in [5.74, 6) is 0.191. The predicted octanol–water partition coefficient (Wildman–Crippen LogP) is 2.82. The Kier molecular flexibility index (Phi) is 6.83. The topological polar surface area (TPSA) is 73.9 Å². The van der Waals surface area contributed by atoms with E-state index in [9.17, 15) is 9.59 Å². The van der Waals surface area contributed by atoms with E-state index in [0.29, 0.717) is 17.2 Å². The number of rotatable bonds is 8. The van der Waals surface area contributed by atoms with Gasteiger partial charge in [0.15, 0.2) is 13.2 Å². The van der Waals surface area contributed by atoms with Crippen molar-refractivity contribution in [3.63, 3.8) is 0 Å². The molecule has 0 aliphatic heterocycles. The van der Waals surface area contributed by atoms with Crippen molar-refractivity contribution in [2.24, 2.45) is 0 Å². The Morgan fingerprint density at radius 1 is 1.00 bits per heavy atom. The number of carbonyl (C=O) groups is 2. The van der Waals surface area contributed by atoms with Crippen LogP contribution >= 0.6 is 0 Å². The lowest BCUT2D eigenvalue weighted by molar-refractivity contribution is -0.149. The molecule has 0 aliphatic carbocycles. The van der Waals surface area contributed by atoms with Gasteiger partial charge in [0.05, 0.1) is 7.11 Å². The fourth-order valence-corrected chi connectivity index (χ4v) is 2.07. The Bertz CT molecular complexity index is 712. The minimum atomic E-state index is -0.617. The lowest BCUT2D eigenvalue weighted by atomic mass is 10.1. The van der Waals surface area contributed by atoms with Gasteiger partial charge in [-0.25, -0.2) is 4.79 Å². The largest absolute Gasteiger partial charge is 0.497 e. The van der Waals surface area contributed by atoms with E-state index in [-0.39, 0.29) is 13.2 Å². The van der Waals surface area contributed by atoms with Crippen molar-refractivity contribution in [1.29, 1.82) is 0 Å². The molecule has 0 heterocycles. The molecule has 6 nitrogen and oxygen atoms in total. The molecule has 0 saturated carbocycles. The fraction of sp³-hybridized carbons (Fsp3) is 0.263. The Morgan fingerprint density at radius 2 is 1.72 bits per heavy atom. The Hall–Kier alpha value is -3.02. The lowest BCUT2D eigenvalue weighted by Gasteiger charge is -2.09. The van der Waals surface area contributed by atoms with Gasteiger partial charge in [0.25, 0.3) is 5.91 Å². The number of amides is 1. The molecule has 0 unspecified atom stereocenters. The first-order valence-electron chi connectivity index (χ1n) is 7.92. The van der Waals surface area contributed by atoms with Gasteiger partial charge in [0, 0.05) is 5.69 Å². The zero-order chi connectivity index (χ0) is 18.1. The summed E-state index contributed by atoms with van der Waals surface area (Å²) >= 11 is 0. The van der Waals surface area contributed by atoms with Gasteiger partial charge in [-0.3, -0.25) is 4.79 Å². The third-order valence-corrected chi connectivity index (χ3v) is 3.40. The number of hydrogen-bond donors (Lipinski definition) is 1. The first-order valence-corrected chi connectivity index (χ1v) is 7.92. The van der Waals surface area contributed by atoms with Crippen molar-refractivity contribution in [3.8, 4) is 11.5 Å². The number of benzene rings is 2. The number of nitrogens with one attached hydrogen (secondary N) is 1. The van der Waals surface area contributed by atoms with E-state index in [4.69, 9.17) is 14.2 Å². The van der Waals surface area contributed by atoms with Gasteiger partial charge in [-0.05, 0) is 48.4 Å². The minimum absolute atomic E-state index is 0.273. The normalized spacial score (nSPS) is 10.0. The maximum absolute atomic E-state index is 11.8. The first kappa shape index (κ1) is 18.3. The molecule has 2 rings (SSSR count). The highest BCUT2D eigenvalue weighted by atomic mass is 16.6. The van der Waals surface area contributed by atoms with Crippen molar-refractivity contribution in [2.45, 2.75) is 13.3 Å². The monoisotopic (exact) mass is 343 g/mol. The van der Waals surface area contributed by atoms with Crippen LogP contribution in [0.4, 0.5) is 5.69 Å². The second-order valence-corrected chi connectivity index (χ2v) is 5.23. The molecule has 0 radical (unpaired) electrons. The summed E-state index contributed by atoms with van der Waals surface area (Å²) in [5.41, 5.74) is 1.79. The Labute approximate surface area is 146 Å². The van der Waals surface area contributed by atoms with Crippen LogP contribution in [-0.2, 0) is 20.7 Å². The SMILES string of the molecule is CCc1cccc(NC(=O)COC(=O)COc2ccc(OC)cc2)c1. The van der Waals surface area contributed by atoms with Crippen LogP contribution < -0.4 is 14.8 Å². The van der Waals surface area contributed by atoms with Gasteiger partial charge in [-0.2, -0.15) is 0 Å². The summed E-state index contributed by atoms with van der Waals surface area (Å²) in [6, 6.07) is 14.3. The maximum atomic E-state index is 11.8. The highest BCUT2D eigenvalue weighted by Crippen LogP contribution is 2.16. The molecule has 1 N–H and O–H groups in total. The zero-order valence-electron chi connectivity index (χ0n) is 14.3. The summed E-state index contributed by atoms with van der Waals surface area (Å²) in [5, 5.41) is 2.69. The third-order valence-electron chi connectivity index (χ3n) is 3.40. The highest BCUT2D eigenvalue weighted by Gasteiger charge is 2.09. The van der Waals surface area contributed by atoms with Crippen LogP contribution in [0.5, 0.6) is 11.5 Å². The van der Waals surface area contributed by atoms with Gasteiger partial charge < -0.3 is 19.5 Å². The second-order valence-electron chi connectivity index (χ2n) is 5.23. The predicted molar refractivity (Wildman–Crippen MR) is 93.9 cm³/mol. The zero-order valence-corrected chi connectivity index (χ0v) is 14.3. The number of anilines is 1. The van der Waals surface area contributed by atoms with E-state index in [1.807, 2.05) is 25.1 Å². The number of aryl methyl sites for hydroxylation is 1. The van der Waals surface area contributed by atoms with Crippen molar-refractivity contribution in [1.82, 2.24) is 0 Å². The molecular weight excluding hydrogens is 322 g/mol. The van der Waals surface area contributed by atoms with Crippen LogP contribution in [0, 0.1) is 0 Å². The number of esters is 1. The summed E-state index contributed by atoms with van der Waals surface area (Å²) in [4.78, 5) is 23.5. The van der Waals surface area contributed by atoms with E-state index in [2.05, 4.69) is 5.32 Å². The van der Waals surface area contributed by atoms with Crippen LogP contribution in [0.2, 0.25) is 0 Å². The van der Waals surface area contributed by atoms with E-state index >= 15 is 0 Å². The van der Waals surface area contributed by atoms with Crippen LogP contribution in [0.25, 0.3) is 0 Å². The Morgan fingerprint density at radius 3 is 2.40 bits per heavy atom. The van der Waals surface area contributed by atoms with Crippen LogP contribution in [0.15, 0.2) is 48.5 Å². The van der Waals surface area contributed by atoms with Gasteiger partial charge >= 0.3 is 5.97 Å². The molecule has 6 heteroatoms. The summed E-state index contributed by atoms with van der Waals surface area (Å²) in [6.45, 7) is 1.40. The second kappa shape index (κ2) is 9.32. The Balaban J connectivity index is 1.72. The van der Waals surface area contributed by atoms with E-state index in [1.54, 1.807) is 37.4 Å². The molecule has 2 aromatic rings. The maximum Gasteiger partial charge on any atom is 0.344 e. The van der Waals surface area contributed by atoms with Gasteiger partial charge in [-0.1, -0.05) is 19.1 Å². The van der Waals surface area contributed by atoms with Crippen LogP contribution in [0.3, 0.4) is 0 Å². The summed E-state index contributed by atoms with van der Waals surface area (Å²) in [7, 11) is 1.57. The summed E-state index contributed by atoms with van der Waals surface area (Å²) < 4.78 is 15.2. The lowest BCUT2D eigenvalue weighted by Crippen LogP contribution is -2.23. The molecule has 0 aliphatic rings. The molecular formula is C19H21NO5. The number of methoxy groups -OCH3 is 1. The van der Waals surface area contributed by atoms with E-state index < -0.39 is 11.9 Å². The average molecular weight is 343 g/mol. The van der Waals surface area contributed by atoms with Crippen molar-refractivity contribution < 1.29 is 23.8 Å². The minimum Gasteiger partial charge on any atom is -0.497 e. The standard InChI is InChI=1S/C19H21NO5/c1-3-14-5-4-6-15(11-14)20-18(21)12-25-19(22)13-24-17-9-7-16(23-2)8-10-17/h4-11H,3,12-13H2,1-2H3,(H,20,21). The van der Waals surface area contributed by atoms with Gasteiger partial charge in [0.1, 0.15) is 11.5 Å². The molecule has 1 amide bonds. The molecule has 0 bridgehead atoms. The number of ether oxygens (including phenoxy) is 3. The van der Waals surface area contributed by atoms with Gasteiger partial charge in [-0.15, -0.1) is 0 Å². The van der Waals surface area contributed by atoms with E-state index in [0.717, 1.165) is 12.0 Å². The fourth-order valence-electron chi connectivity index (χ4n) is 2.07. The van der Waals surface area contributed by atoms with Crippen molar-refractivity contribution >= 4 is 17.6 Å². The molecule has 0 fully saturated rings. The molecule has 0 spiro atoms. The van der Waals surface area contributed by atoms with Crippen LogP contribution in [0.1, 0.15) is 12.5 Å².